The zero-order valence-electron chi connectivity index (χ0n) is 13.7. The third-order valence-electron chi connectivity index (χ3n) is 3.31. The van der Waals surface area contributed by atoms with Gasteiger partial charge in [-0.05, 0) is 24.3 Å². The fourth-order valence-corrected chi connectivity index (χ4v) is 3.15. The van der Waals surface area contributed by atoms with E-state index in [0.29, 0.717) is 22.8 Å². The van der Waals surface area contributed by atoms with Gasteiger partial charge in [0.2, 0.25) is 5.75 Å². The van der Waals surface area contributed by atoms with E-state index in [-0.39, 0.29) is 10.8 Å². The monoisotopic (exact) mass is 349 g/mol. The van der Waals surface area contributed by atoms with E-state index >= 15 is 0 Å². The summed E-state index contributed by atoms with van der Waals surface area (Å²) in [6.45, 7) is 0. The Balaban J connectivity index is 2.27. The molecule has 0 radical (unpaired) electrons. The van der Waals surface area contributed by atoms with Crippen molar-refractivity contribution in [3.8, 4) is 17.2 Å². The second-order valence-electron chi connectivity index (χ2n) is 4.79. The van der Waals surface area contributed by atoms with Crippen molar-refractivity contribution in [3.63, 3.8) is 0 Å². The largest absolute Gasteiger partial charge is 0.493 e. The van der Waals surface area contributed by atoms with Gasteiger partial charge in [0.05, 0.1) is 26.2 Å². The van der Waals surface area contributed by atoms with Gasteiger partial charge >= 0.3 is 0 Å². The molecule has 0 aromatic heterocycles. The molecule has 0 unspecified atom stereocenters. The minimum atomic E-state index is -3.47. The first-order valence-corrected chi connectivity index (χ1v) is 8.75. The van der Waals surface area contributed by atoms with E-state index in [9.17, 15) is 8.42 Å². The number of nitrogens with zero attached hydrogens (tertiary/aromatic N) is 1. The maximum atomic E-state index is 12.2. The van der Waals surface area contributed by atoms with Crippen molar-refractivity contribution < 1.29 is 22.6 Å². The Bertz CT molecular complexity index is 816. The lowest BCUT2D eigenvalue weighted by atomic mass is 10.2. The lowest BCUT2D eigenvalue weighted by Gasteiger charge is -2.13. The van der Waals surface area contributed by atoms with Crippen molar-refractivity contribution in [2.45, 2.75) is 4.90 Å². The predicted octanol–water partition coefficient (Wildman–Crippen LogP) is 2.56. The van der Waals surface area contributed by atoms with Crippen molar-refractivity contribution in [1.29, 1.82) is 0 Å². The molecule has 6 nitrogen and oxygen atoms in total. The molecule has 0 saturated heterocycles. The van der Waals surface area contributed by atoms with E-state index in [1.54, 1.807) is 42.5 Å². The van der Waals surface area contributed by atoms with Crippen LogP contribution in [0.2, 0.25) is 0 Å². The Morgan fingerprint density at radius 3 is 2.17 bits per heavy atom. The van der Waals surface area contributed by atoms with Gasteiger partial charge in [0.1, 0.15) is 5.88 Å². The molecule has 7 heteroatoms. The average molecular weight is 349 g/mol. The maximum absolute atomic E-state index is 12.2. The Morgan fingerprint density at radius 1 is 0.917 bits per heavy atom. The van der Waals surface area contributed by atoms with Crippen LogP contribution in [0.15, 0.2) is 52.4 Å². The second-order valence-corrected chi connectivity index (χ2v) is 6.75. The highest BCUT2D eigenvalue weighted by Gasteiger charge is 2.15. The molecule has 24 heavy (non-hydrogen) atoms. The van der Waals surface area contributed by atoms with Crippen molar-refractivity contribution in [3.05, 3.63) is 48.0 Å². The van der Waals surface area contributed by atoms with Crippen LogP contribution in [0, 0.1) is 0 Å². The van der Waals surface area contributed by atoms with Crippen LogP contribution in [0.25, 0.3) is 0 Å². The topological polar surface area (TPSA) is 74.2 Å². The van der Waals surface area contributed by atoms with Crippen molar-refractivity contribution >= 4 is 16.1 Å². The van der Waals surface area contributed by atoms with Crippen LogP contribution in [-0.4, -0.2) is 41.8 Å². The number of methoxy groups -OCH3 is 3. The Morgan fingerprint density at radius 2 is 1.58 bits per heavy atom. The summed E-state index contributed by atoms with van der Waals surface area (Å²) >= 11 is 0. The molecule has 0 saturated carbocycles. The molecule has 128 valence electrons. The van der Waals surface area contributed by atoms with Crippen molar-refractivity contribution in [1.82, 2.24) is 0 Å². The Kier molecular flexibility index (Phi) is 5.81. The molecule has 0 atom stereocenters. The molecule has 0 aliphatic heterocycles. The van der Waals surface area contributed by atoms with E-state index in [1.165, 1.54) is 27.5 Å². The summed E-state index contributed by atoms with van der Waals surface area (Å²) in [5, 5.41) is 0. The number of aliphatic imine (C=N–C) groups is 1. The average Bonchev–Trinajstić information content (AvgIpc) is 2.61. The van der Waals surface area contributed by atoms with Gasteiger partial charge in [-0.3, -0.25) is 4.99 Å². The predicted molar refractivity (Wildman–Crippen MR) is 92.2 cm³/mol. The fourth-order valence-electron chi connectivity index (χ4n) is 2.16. The van der Waals surface area contributed by atoms with Gasteiger partial charge < -0.3 is 14.2 Å². The molecule has 0 aliphatic rings. The van der Waals surface area contributed by atoms with Crippen molar-refractivity contribution in [2.24, 2.45) is 4.99 Å². The molecule has 0 fully saturated rings. The summed E-state index contributed by atoms with van der Waals surface area (Å²) in [5.41, 5.74) is 0.596. The van der Waals surface area contributed by atoms with Crippen LogP contribution in [0.3, 0.4) is 0 Å². The van der Waals surface area contributed by atoms with E-state index < -0.39 is 9.84 Å². The SMILES string of the molecule is COc1ccc(C=NCS(=O)(=O)c2ccccc2)c(OC)c1OC. The maximum Gasteiger partial charge on any atom is 0.203 e. The smallest absolute Gasteiger partial charge is 0.203 e. The van der Waals surface area contributed by atoms with Crippen molar-refractivity contribution in [2.75, 3.05) is 27.2 Å². The van der Waals surface area contributed by atoms with E-state index in [2.05, 4.69) is 4.99 Å². The van der Waals surface area contributed by atoms with Gasteiger partial charge in [-0.2, -0.15) is 0 Å². The number of benzene rings is 2. The minimum Gasteiger partial charge on any atom is -0.493 e. The molecule has 0 spiro atoms. The number of hydrogen-bond donors (Lipinski definition) is 0. The van der Waals surface area contributed by atoms with Gasteiger partial charge in [0.25, 0.3) is 0 Å². The summed E-state index contributed by atoms with van der Waals surface area (Å²) in [6.07, 6.45) is 1.45. The van der Waals surface area contributed by atoms with Gasteiger partial charge in [0, 0.05) is 11.8 Å². The first-order valence-electron chi connectivity index (χ1n) is 7.10. The lowest BCUT2D eigenvalue weighted by molar-refractivity contribution is 0.324. The van der Waals surface area contributed by atoms with Gasteiger partial charge in [-0.1, -0.05) is 18.2 Å². The zero-order valence-corrected chi connectivity index (χ0v) is 14.5. The molecule has 0 N–H and O–H groups in total. The standard InChI is InChI=1S/C17H19NO5S/c1-21-15-10-9-13(16(22-2)17(15)23-3)11-18-12-24(19,20)14-7-5-4-6-8-14/h4-11H,12H2,1-3H3. The molecule has 0 heterocycles. The molecule has 2 rings (SSSR count). The number of sulfone groups is 1. The lowest BCUT2D eigenvalue weighted by Crippen LogP contribution is -2.05. The molecule has 2 aromatic carbocycles. The molecule has 2 aromatic rings. The molecule has 0 aliphatic carbocycles. The summed E-state index contributed by atoms with van der Waals surface area (Å²) in [6, 6.07) is 11.6. The highest BCUT2D eigenvalue weighted by atomic mass is 32.2. The molecular weight excluding hydrogens is 330 g/mol. The quantitative estimate of drug-likeness (QED) is 0.718. The normalized spacial score (nSPS) is 11.5. The summed E-state index contributed by atoms with van der Waals surface area (Å²) in [4.78, 5) is 4.28. The second kappa shape index (κ2) is 7.83. The van der Waals surface area contributed by atoms with Gasteiger partial charge in [-0.25, -0.2) is 8.42 Å². The number of ether oxygens (including phenoxy) is 3. The summed E-state index contributed by atoms with van der Waals surface area (Å²) in [7, 11) is 1.05. The fraction of sp³-hybridized carbons (Fsp3) is 0.235. The van der Waals surface area contributed by atoms with E-state index in [1.807, 2.05) is 0 Å². The highest BCUT2D eigenvalue weighted by Crippen LogP contribution is 2.39. The Hall–Kier alpha value is -2.54. The summed E-state index contributed by atoms with van der Waals surface area (Å²) in [5.74, 6) is 1.02. The molecule has 0 amide bonds. The number of hydrogen-bond acceptors (Lipinski definition) is 6. The van der Waals surface area contributed by atoms with Crippen LogP contribution in [0.1, 0.15) is 5.56 Å². The van der Waals surface area contributed by atoms with Crippen LogP contribution >= 0.6 is 0 Å². The molecule has 0 bridgehead atoms. The van der Waals surface area contributed by atoms with Gasteiger partial charge in [-0.15, -0.1) is 0 Å². The van der Waals surface area contributed by atoms with Crippen LogP contribution in [-0.2, 0) is 9.84 Å². The van der Waals surface area contributed by atoms with E-state index in [0.717, 1.165) is 0 Å². The van der Waals surface area contributed by atoms with Crippen LogP contribution in [0.4, 0.5) is 0 Å². The first kappa shape index (κ1) is 17.8. The minimum absolute atomic E-state index is 0.237. The summed E-state index contributed by atoms with van der Waals surface area (Å²) < 4.78 is 40.2. The van der Waals surface area contributed by atoms with E-state index in [4.69, 9.17) is 14.2 Å². The third-order valence-corrected chi connectivity index (χ3v) is 4.79. The van der Waals surface area contributed by atoms with Crippen LogP contribution < -0.4 is 14.2 Å². The Labute approximate surface area is 141 Å². The first-order chi connectivity index (χ1) is 11.5. The van der Waals surface area contributed by atoms with Crippen LogP contribution in [0.5, 0.6) is 17.2 Å². The third kappa shape index (κ3) is 3.86. The zero-order chi connectivity index (χ0) is 17.6. The molecular formula is C17H19NO5S. The highest BCUT2D eigenvalue weighted by molar-refractivity contribution is 7.91. The number of rotatable bonds is 7. The van der Waals surface area contributed by atoms with Gasteiger partial charge in [0.15, 0.2) is 21.3 Å².